The van der Waals surface area contributed by atoms with Crippen molar-refractivity contribution >= 4 is 24.0 Å². The maximum absolute atomic E-state index is 12.4. The molecule has 1 unspecified atom stereocenters. The van der Waals surface area contributed by atoms with Crippen LogP contribution in [0.25, 0.3) is 0 Å². The van der Waals surface area contributed by atoms with E-state index in [2.05, 4.69) is 0 Å². The molecular weight excluding hydrogens is 298 g/mol. The van der Waals surface area contributed by atoms with Crippen LogP contribution in [-0.2, 0) is 0 Å². The molecule has 0 spiro atoms. The van der Waals surface area contributed by atoms with Crippen LogP contribution in [0.2, 0.25) is 0 Å². The third-order valence-corrected chi connectivity index (χ3v) is 3.38. The molecule has 7 nitrogen and oxygen atoms in total. The van der Waals surface area contributed by atoms with Gasteiger partial charge in [0.05, 0.1) is 12.0 Å². The van der Waals surface area contributed by atoms with Crippen LogP contribution in [-0.4, -0.2) is 42.0 Å². The van der Waals surface area contributed by atoms with Gasteiger partial charge in [-0.2, -0.15) is 0 Å². The van der Waals surface area contributed by atoms with E-state index in [-0.39, 0.29) is 35.6 Å². The molecule has 1 aliphatic rings. The van der Waals surface area contributed by atoms with Gasteiger partial charge in [0, 0.05) is 25.2 Å². The first-order chi connectivity index (χ1) is 9.52. The smallest absolute Gasteiger partial charge is 0.282 e. The van der Waals surface area contributed by atoms with Crippen molar-refractivity contribution in [3.8, 4) is 5.75 Å². The molecule has 0 bridgehead atoms. The fraction of sp³-hybridized carbons (Fsp3) is 0.462. The summed E-state index contributed by atoms with van der Waals surface area (Å²) in [6.45, 7) is 0.994. The zero-order valence-electron chi connectivity index (χ0n) is 11.7. The van der Waals surface area contributed by atoms with Gasteiger partial charge in [0.1, 0.15) is 11.3 Å². The second kappa shape index (κ2) is 7.24. The minimum absolute atomic E-state index is 0. The minimum atomic E-state index is -0.559. The average Bonchev–Trinajstić information content (AvgIpc) is 2.45. The number of likely N-dealkylation sites (tertiary alicyclic amines) is 1. The third-order valence-electron chi connectivity index (χ3n) is 3.38. The second-order valence-corrected chi connectivity index (χ2v) is 4.79. The van der Waals surface area contributed by atoms with Gasteiger partial charge >= 0.3 is 0 Å². The highest BCUT2D eigenvalue weighted by Crippen LogP contribution is 2.26. The van der Waals surface area contributed by atoms with Gasteiger partial charge in [0.2, 0.25) is 0 Å². The van der Waals surface area contributed by atoms with E-state index in [9.17, 15) is 14.9 Å². The number of halogens is 1. The molecule has 0 aromatic heterocycles. The number of hydrogen-bond acceptors (Lipinski definition) is 5. The molecule has 0 saturated carbocycles. The van der Waals surface area contributed by atoms with Crippen molar-refractivity contribution < 1.29 is 14.5 Å². The lowest BCUT2D eigenvalue weighted by Crippen LogP contribution is -2.45. The maximum Gasteiger partial charge on any atom is 0.282 e. The summed E-state index contributed by atoms with van der Waals surface area (Å²) in [6, 6.07) is 4.09. The average molecular weight is 316 g/mol. The summed E-state index contributed by atoms with van der Waals surface area (Å²) >= 11 is 0. The van der Waals surface area contributed by atoms with E-state index in [0.717, 1.165) is 12.8 Å². The number of nitro benzene ring substituents is 1. The number of nitrogens with two attached hydrogens (primary N) is 1. The molecule has 2 rings (SSSR count). The summed E-state index contributed by atoms with van der Waals surface area (Å²) in [7, 11) is 1.45. The van der Waals surface area contributed by atoms with Crippen molar-refractivity contribution in [2.75, 3.05) is 20.2 Å². The molecule has 1 atom stereocenters. The first kappa shape index (κ1) is 17.2. The van der Waals surface area contributed by atoms with Crippen LogP contribution in [0.4, 0.5) is 5.69 Å². The Labute approximate surface area is 128 Å². The Morgan fingerprint density at radius 1 is 1.52 bits per heavy atom. The van der Waals surface area contributed by atoms with Crippen LogP contribution in [0, 0.1) is 10.1 Å². The minimum Gasteiger partial charge on any atom is -0.497 e. The van der Waals surface area contributed by atoms with Crippen molar-refractivity contribution in [2.24, 2.45) is 5.73 Å². The predicted molar refractivity (Wildman–Crippen MR) is 80.0 cm³/mol. The Morgan fingerprint density at radius 2 is 2.24 bits per heavy atom. The van der Waals surface area contributed by atoms with Gasteiger partial charge in [0.25, 0.3) is 11.6 Å². The molecule has 1 amide bonds. The Kier molecular flexibility index (Phi) is 5.92. The van der Waals surface area contributed by atoms with E-state index >= 15 is 0 Å². The number of nitrogens with zero attached hydrogens (tertiary/aromatic N) is 2. The monoisotopic (exact) mass is 315 g/mol. The van der Waals surface area contributed by atoms with E-state index in [1.807, 2.05) is 0 Å². The number of methoxy groups -OCH3 is 1. The summed E-state index contributed by atoms with van der Waals surface area (Å²) in [5, 5.41) is 11.0. The zero-order valence-corrected chi connectivity index (χ0v) is 12.5. The molecule has 21 heavy (non-hydrogen) atoms. The number of carbonyl (C=O) groups is 1. The first-order valence-corrected chi connectivity index (χ1v) is 6.40. The molecule has 8 heteroatoms. The zero-order chi connectivity index (χ0) is 14.7. The molecule has 0 radical (unpaired) electrons. The van der Waals surface area contributed by atoms with Crippen molar-refractivity contribution in [2.45, 2.75) is 18.9 Å². The summed E-state index contributed by atoms with van der Waals surface area (Å²) < 4.78 is 5.03. The number of hydrogen-bond donors (Lipinski definition) is 1. The van der Waals surface area contributed by atoms with E-state index in [0.29, 0.717) is 18.8 Å². The molecule has 1 fully saturated rings. The molecule has 1 heterocycles. The Morgan fingerprint density at radius 3 is 2.81 bits per heavy atom. The van der Waals surface area contributed by atoms with Crippen LogP contribution in [0.5, 0.6) is 5.75 Å². The van der Waals surface area contributed by atoms with Crippen molar-refractivity contribution in [3.63, 3.8) is 0 Å². The lowest BCUT2D eigenvalue weighted by Gasteiger charge is -2.30. The van der Waals surface area contributed by atoms with E-state index in [4.69, 9.17) is 10.5 Å². The van der Waals surface area contributed by atoms with Gasteiger partial charge in [-0.25, -0.2) is 0 Å². The SMILES string of the molecule is COc1ccc([N+](=O)[O-])c(C(=O)N2CCCC(N)C2)c1.Cl. The molecule has 1 saturated heterocycles. The standard InChI is InChI=1S/C13H17N3O4.ClH/c1-20-10-4-5-12(16(18)19)11(7-10)13(17)15-6-2-3-9(14)8-15;/h4-5,7,9H,2-3,6,8,14H2,1H3;1H. The number of benzene rings is 1. The third kappa shape index (κ3) is 3.83. The van der Waals surface area contributed by atoms with Gasteiger partial charge in [-0.3, -0.25) is 14.9 Å². The predicted octanol–water partition coefficient (Wildman–Crippen LogP) is 1.59. The summed E-state index contributed by atoms with van der Waals surface area (Å²) in [6.07, 6.45) is 1.68. The van der Waals surface area contributed by atoms with Crippen molar-refractivity contribution in [3.05, 3.63) is 33.9 Å². The van der Waals surface area contributed by atoms with Crippen LogP contribution < -0.4 is 10.5 Å². The number of rotatable bonds is 3. The summed E-state index contributed by atoms with van der Waals surface area (Å²) in [5.74, 6) is 0.0472. The number of ether oxygens (including phenoxy) is 1. The van der Waals surface area contributed by atoms with Gasteiger partial charge in [-0.1, -0.05) is 0 Å². The maximum atomic E-state index is 12.4. The quantitative estimate of drug-likeness (QED) is 0.674. The van der Waals surface area contributed by atoms with Crippen LogP contribution in [0.1, 0.15) is 23.2 Å². The first-order valence-electron chi connectivity index (χ1n) is 6.40. The Balaban J connectivity index is 0.00000220. The van der Waals surface area contributed by atoms with Crippen LogP contribution in [0.3, 0.4) is 0 Å². The lowest BCUT2D eigenvalue weighted by atomic mass is 10.0. The molecule has 1 aliphatic heterocycles. The Bertz CT molecular complexity index is 538. The van der Waals surface area contributed by atoms with E-state index in [1.54, 1.807) is 4.90 Å². The molecule has 0 aliphatic carbocycles. The fourth-order valence-corrected chi connectivity index (χ4v) is 2.34. The van der Waals surface area contributed by atoms with Crippen LogP contribution >= 0.6 is 12.4 Å². The van der Waals surface area contributed by atoms with Gasteiger partial charge in [0.15, 0.2) is 0 Å². The molecular formula is C13H18ClN3O4. The molecule has 2 N–H and O–H groups in total. The number of nitro groups is 1. The number of amides is 1. The number of carbonyl (C=O) groups excluding carboxylic acids is 1. The van der Waals surface area contributed by atoms with Gasteiger partial charge in [-0.05, 0) is 25.0 Å². The normalized spacial score (nSPS) is 17.8. The van der Waals surface area contributed by atoms with E-state index in [1.165, 1.54) is 25.3 Å². The second-order valence-electron chi connectivity index (χ2n) is 4.79. The molecule has 1 aromatic carbocycles. The summed E-state index contributed by atoms with van der Waals surface area (Å²) in [5.41, 5.74) is 5.67. The van der Waals surface area contributed by atoms with Crippen LogP contribution in [0.15, 0.2) is 18.2 Å². The van der Waals surface area contributed by atoms with Gasteiger partial charge in [-0.15, -0.1) is 12.4 Å². The summed E-state index contributed by atoms with van der Waals surface area (Å²) in [4.78, 5) is 24.5. The fourth-order valence-electron chi connectivity index (χ4n) is 2.34. The highest BCUT2D eigenvalue weighted by atomic mass is 35.5. The van der Waals surface area contributed by atoms with E-state index < -0.39 is 4.92 Å². The lowest BCUT2D eigenvalue weighted by molar-refractivity contribution is -0.385. The topological polar surface area (TPSA) is 98.7 Å². The highest BCUT2D eigenvalue weighted by molar-refractivity contribution is 5.98. The Hall–Kier alpha value is -1.86. The van der Waals surface area contributed by atoms with Crippen molar-refractivity contribution in [1.29, 1.82) is 0 Å². The molecule has 116 valence electrons. The van der Waals surface area contributed by atoms with Crippen molar-refractivity contribution in [1.82, 2.24) is 4.90 Å². The highest BCUT2D eigenvalue weighted by Gasteiger charge is 2.28. The number of piperidine rings is 1. The van der Waals surface area contributed by atoms with Gasteiger partial charge < -0.3 is 15.4 Å². The largest absolute Gasteiger partial charge is 0.497 e. The molecule has 1 aromatic rings.